The van der Waals surface area contributed by atoms with E-state index in [9.17, 15) is 0 Å². The Bertz CT molecular complexity index is 1320. The zero-order chi connectivity index (χ0) is 21.3. The van der Waals surface area contributed by atoms with Crippen molar-refractivity contribution in [2.75, 3.05) is 0 Å². The molecule has 6 rings (SSSR count). The van der Waals surface area contributed by atoms with E-state index in [4.69, 9.17) is 0 Å². The van der Waals surface area contributed by atoms with Gasteiger partial charge in [-0.2, -0.15) is 0 Å². The molecule has 170 valence electrons. The molecule has 0 amide bonds. The van der Waals surface area contributed by atoms with Gasteiger partial charge >= 0.3 is 193 Å². The van der Waals surface area contributed by atoms with Crippen molar-refractivity contribution < 1.29 is 42.3 Å². The van der Waals surface area contributed by atoms with Crippen LogP contribution < -0.4 is 24.8 Å². The van der Waals surface area contributed by atoms with E-state index < -0.39 is 17.5 Å². The van der Waals surface area contributed by atoms with Gasteiger partial charge in [0.2, 0.25) is 0 Å². The van der Waals surface area contributed by atoms with Gasteiger partial charge in [0.15, 0.2) is 0 Å². The minimum Gasteiger partial charge on any atom is -1.00 e. The van der Waals surface area contributed by atoms with Crippen molar-refractivity contribution in [3.8, 4) is 11.1 Å². The molecule has 0 nitrogen and oxygen atoms in total. The molecule has 0 aromatic heterocycles. The SMILES string of the molecule is CC1=CC(C)[C]([Zr+2]2([CH]3C(C)=Cc4c(-c5ccccc5)cccc43)=[Si]3CC[Si]=2CC3)=C1C.[Cl-].[Cl-]. The van der Waals surface area contributed by atoms with Gasteiger partial charge in [0.05, 0.1) is 0 Å². The molecule has 0 saturated heterocycles. The number of benzene rings is 2. The first-order valence-corrected chi connectivity index (χ1v) is 25.9. The Morgan fingerprint density at radius 2 is 1.45 bits per heavy atom. The van der Waals surface area contributed by atoms with E-state index in [-0.39, 0.29) is 35.7 Å². The van der Waals surface area contributed by atoms with Crippen LogP contribution in [-0.4, -0.2) is 10.9 Å². The Labute approximate surface area is 215 Å². The van der Waals surface area contributed by atoms with Gasteiger partial charge < -0.3 is 24.8 Å². The molecule has 2 aromatic rings. The van der Waals surface area contributed by atoms with Gasteiger partial charge in [-0.15, -0.1) is 0 Å². The first-order valence-electron chi connectivity index (χ1n) is 12.0. The van der Waals surface area contributed by atoms with E-state index in [0.717, 1.165) is 9.54 Å². The molecule has 0 fully saturated rings. The summed E-state index contributed by atoms with van der Waals surface area (Å²) in [6.07, 6.45) is 5.25. The average molecular weight is 587 g/mol. The summed E-state index contributed by atoms with van der Waals surface area (Å²) in [4.78, 5) is 0. The molecule has 5 heteroatoms. The standard InChI is InChI=1S/C16H13.C8H11.C4H8Si2.2ClH.Zr/c1-12-10-14-8-5-9-15(16(14)11-12)13-6-3-2-4-7-13;1-6-4-7(2)8(3)5-6;1-2-6-4-3-5-1;;;/h2-11H,1H3;4,6H,1-3H3;1-4H2;2*1H;/q;;;;;+2/p-2. The molecular formula is C28H32Cl2Si2Zr. The Hall–Kier alpha value is -0.443. The fourth-order valence-corrected chi connectivity index (χ4v) is 90.1. The van der Waals surface area contributed by atoms with Crippen molar-refractivity contribution in [1.82, 2.24) is 0 Å². The van der Waals surface area contributed by atoms with Gasteiger partial charge in [-0.05, 0) is 0 Å². The second kappa shape index (κ2) is 9.55. The maximum absolute atomic E-state index is 2.63. The summed E-state index contributed by atoms with van der Waals surface area (Å²) in [5.74, 6) is 0.723. The Balaban J connectivity index is 0.00000130. The summed E-state index contributed by atoms with van der Waals surface area (Å²) in [5, 5.41) is 0. The summed E-state index contributed by atoms with van der Waals surface area (Å²) >= 11 is -2.54. The van der Waals surface area contributed by atoms with Crippen LogP contribution in [0.3, 0.4) is 0 Å². The maximum atomic E-state index is 2.63. The number of hydrogen-bond acceptors (Lipinski definition) is 0. The van der Waals surface area contributed by atoms with Gasteiger partial charge in [0.25, 0.3) is 0 Å². The fourth-order valence-electron chi connectivity index (χ4n) is 7.63. The van der Waals surface area contributed by atoms with Crippen molar-refractivity contribution in [1.29, 1.82) is 0 Å². The normalized spacial score (nSPS) is 22.4. The minimum absolute atomic E-state index is 0. The molecular weight excluding hydrogens is 555 g/mol. The van der Waals surface area contributed by atoms with E-state index in [0.29, 0.717) is 0 Å². The second-order valence-electron chi connectivity index (χ2n) is 10.2. The molecule has 0 radical (unpaired) electrons. The zero-order valence-electron chi connectivity index (χ0n) is 20.0. The molecule has 2 aliphatic heterocycles. The van der Waals surface area contributed by atoms with Gasteiger partial charge in [-0.1, -0.05) is 0 Å². The van der Waals surface area contributed by atoms with E-state index >= 15 is 0 Å². The van der Waals surface area contributed by atoms with Crippen LogP contribution >= 0.6 is 0 Å². The molecule has 33 heavy (non-hydrogen) atoms. The Morgan fingerprint density at radius 3 is 2.03 bits per heavy atom. The minimum atomic E-state index is -2.54. The number of allylic oxidation sites excluding steroid dienone is 5. The third-order valence-corrected chi connectivity index (χ3v) is 66.5. The van der Waals surface area contributed by atoms with Crippen LogP contribution in [0.1, 0.15) is 42.4 Å². The average Bonchev–Trinajstić information content (AvgIpc) is 3.48. The first-order chi connectivity index (χ1) is 15.0. The first kappa shape index (κ1) is 25.6. The molecule has 2 aromatic carbocycles. The summed E-state index contributed by atoms with van der Waals surface area (Å²) in [6, 6.07) is 25.0. The van der Waals surface area contributed by atoms with Gasteiger partial charge in [0, 0.05) is 0 Å². The van der Waals surface area contributed by atoms with Crippen LogP contribution in [0, 0.1) is 5.92 Å². The predicted octanol–water partition coefficient (Wildman–Crippen LogP) is 1.85. The Kier molecular flexibility index (Phi) is 7.42. The second-order valence-corrected chi connectivity index (χ2v) is 44.0. The molecule has 0 N–H and O–H groups in total. The topological polar surface area (TPSA) is 0 Å². The molecule has 2 atom stereocenters. The number of halogens is 2. The van der Waals surface area contributed by atoms with Crippen molar-refractivity contribution in [2.45, 2.75) is 55.5 Å². The molecule has 2 unspecified atom stereocenters. The van der Waals surface area contributed by atoms with Gasteiger partial charge in [-0.25, -0.2) is 0 Å². The quantitative estimate of drug-likeness (QED) is 0.482. The summed E-state index contributed by atoms with van der Waals surface area (Å²) in [5.41, 5.74) is 10.9. The smallest absolute Gasteiger partial charge is 1.00 e. The summed E-state index contributed by atoms with van der Waals surface area (Å²) in [7, 11) is 0. The molecule has 4 aliphatic rings. The fraction of sp³-hybridized carbons (Fsp3) is 0.357. The third kappa shape index (κ3) is 3.60. The molecule has 2 heterocycles. The maximum Gasteiger partial charge on any atom is -1.00 e. The van der Waals surface area contributed by atoms with Crippen LogP contribution in [0.4, 0.5) is 0 Å². The van der Waals surface area contributed by atoms with E-state index in [1.165, 1.54) is 11.1 Å². The molecule has 0 saturated carbocycles. The van der Waals surface area contributed by atoms with Crippen molar-refractivity contribution in [3.63, 3.8) is 0 Å². The number of hydrogen-bond donors (Lipinski definition) is 0. The molecule has 2 bridgehead atoms. The summed E-state index contributed by atoms with van der Waals surface area (Å²) in [6.45, 7) is 9.95. The van der Waals surface area contributed by atoms with E-state index in [1.807, 2.05) is 0 Å². The zero-order valence-corrected chi connectivity index (χ0v) is 26.0. The largest absolute Gasteiger partial charge is 1.00 e. The van der Waals surface area contributed by atoms with Gasteiger partial charge in [-0.3, -0.25) is 0 Å². The third-order valence-electron chi connectivity index (χ3n) is 8.74. The van der Waals surface area contributed by atoms with Crippen LogP contribution in [0.2, 0.25) is 24.2 Å². The van der Waals surface area contributed by atoms with Crippen LogP contribution in [0.25, 0.3) is 17.2 Å². The van der Waals surface area contributed by atoms with Crippen LogP contribution in [-0.2, 0) is 17.5 Å². The van der Waals surface area contributed by atoms with Crippen molar-refractivity contribution in [3.05, 3.63) is 85.7 Å². The molecule has 2 aliphatic carbocycles. The number of fused-ring (bicyclic) bond motifs is 1. The van der Waals surface area contributed by atoms with Crippen LogP contribution in [0.15, 0.2) is 74.6 Å². The summed E-state index contributed by atoms with van der Waals surface area (Å²) < 4.78 is 2.94. The molecule has 0 spiro atoms. The monoisotopic (exact) mass is 584 g/mol. The Morgan fingerprint density at radius 1 is 0.818 bits per heavy atom. The van der Waals surface area contributed by atoms with E-state index in [1.54, 1.807) is 52.0 Å². The van der Waals surface area contributed by atoms with Crippen LogP contribution in [0.5, 0.6) is 0 Å². The predicted molar refractivity (Wildman–Crippen MR) is 135 cm³/mol. The van der Waals surface area contributed by atoms with E-state index in [2.05, 4.69) is 91.7 Å². The van der Waals surface area contributed by atoms with Gasteiger partial charge in [0.1, 0.15) is 0 Å². The van der Waals surface area contributed by atoms with Crippen molar-refractivity contribution >= 4 is 16.9 Å². The number of rotatable bonds is 3. The van der Waals surface area contributed by atoms with Crippen molar-refractivity contribution in [2.24, 2.45) is 5.92 Å².